The molecule has 0 aromatic carbocycles. The smallest absolute Gasteiger partial charge is 0.166 e. The molecule has 0 bridgehead atoms. The summed E-state index contributed by atoms with van der Waals surface area (Å²) in [6.45, 7) is 0. The number of rotatable bonds is 6. The molecule has 0 saturated heterocycles. The Morgan fingerprint density at radius 3 is 1.26 bits per heavy atom. The van der Waals surface area contributed by atoms with Crippen molar-refractivity contribution in [3.63, 3.8) is 0 Å². The number of nitrogens with zero attached hydrogens (tertiary/aromatic N) is 8. The Balaban J connectivity index is 1.13. The van der Waals surface area contributed by atoms with E-state index >= 15 is 0 Å². The van der Waals surface area contributed by atoms with E-state index in [0.717, 1.165) is 63.9 Å². The summed E-state index contributed by atoms with van der Waals surface area (Å²) in [5.74, 6) is 0. The quantitative estimate of drug-likeness (QED) is 0.213. The molecule has 0 spiro atoms. The van der Waals surface area contributed by atoms with Crippen molar-refractivity contribution in [1.29, 1.82) is 0 Å². The molecule has 0 radical (unpaired) electrons. The van der Waals surface area contributed by atoms with Crippen LogP contribution in [-0.4, -0.2) is 40.3 Å². The van der Waals surface area contributed by atoms with Gasteiger partial charge in [-0.15, -0.1) is 31.7 Å². The zero-order chi connectivity index (χ0) is 26.0. The van der Waals surface area contributed by atoms with Crippen molar-refractivity contribution in [3.05, 3.63) is 97.3 Å². The second kappa shape index (κ2) is 10.3. The maximum Gasteiger partial charge on any atom is 0.166 e. The number of hydrogen-bond donors (Lipinski definition) is 0. The molecule has 11 heteroatoms. The summed E-state index contributed by atoms with van der Waals surface area (Å²) in [5.41, 5.74) is 4.79. The molecule has 39 heavy (non-hydrogen) atoms. The maximum absolute atomic E-state index is 4.75. The van der Waals surface area contributed by atoms with E-state index in [1.165, 1.54) is 22.7 Å². The van der Waals surface area contributed by atoms with E-state index in [4.69, 9.17) is 9.97 Å². The molecule has 186 valence electrons. The molecule has 0 aliphatic heterocycles. The minimum absolute atomic E-state index is 0.759. The van der Waals surface area contributed by atoms with Crippen molar-refractivity contribution in [2.24, 2.45) is 0 Å². The Morgan fingerprint density at radius 1 is 0.359 bits per heavy atom. The van der Waals surface area contributed by atoms with E-state index in [-0.39, 0.29) is 0 Å². The highest BCUT2D eigenvalue weighted by Gasteiger charge is 2.16. The second-order valence-corrected chi connectivity index (χ2v) is 11.3. The fourth-order valence-electron chi connectivity index (χ4n) is 3.84. The molecule has 7 aromatic heterocycles. The fraction of sp³-hybridized carbons (Fsp3) is 0. The van der Waals surface area contributed by atoms with Crippen molar-refractivity contribution < 1.29 is 0 Å². The zero-order valence-electron chi connectivity index (χ0n) is 20.0. The van der Waals surface area contributed by atoms with Gasteiger partial charge in [0.25, 0.3) is 0 Å². The van der Waals surface area contributed by atoms with Gasteiger partial charge >= 0.3 is 0 Å². The van der Waals surface area contributed by atoms with Gasteiger partial charge in [0.1, 0.15) is 11.4 Å². The number of aromatic nitrogens is 8. The van der Waals surface area contributed by atoms with Crippen LogP contribution in [0.1, 0.15) is 0 Å². The van der Waals surface area contributed by atoms with Gasteiger partial charge in [0, 0.05) is 12.4 Å². The minimum atomic E-state index is 0.759. The van der Waals surface area contributed by atoms with Crippen LogP contribution >= 0.6 is 34.0 Å². The predicted molar refractivity (Wildman–Crippen MR) is 155 cm³/mol. The molecule has 0 aliphatic rings. The lowest BCUT2D eigenvalue weighted by molar-refractivity contribution is 1.09. The first-order chi connectivity index (χ1) is 19.3. The van der Waals surface area contributed by atoms with Crippen LogP contribution in [0.4, 0.5) is 0 Å². The average molecular weight is 561 g/mol. The lowest BCUT2D eigenvalue weighted by atomic mass is 10.2. The van der Waals surface area contributed by atoms with Crippen LogP contribution in [0, 0.1) is 0 Å². The van der Waals surface area contributed by atoms with E-state index < -0.39 is 0 Å². The summed E-state index contributed by atoms with van der Waals surface area (Å²) >= 11 is 4.63. The lowest BCUT2D eigenvalue weighted by Crippen LogP contribution is -1.89. The van der Waals surface area contributed by atoms with Crippen LogP contribution in [0.3, 0.4) is 0 Å². The normalized spacial score (nSPS) is 11.1. The fourth-order valence-corrected chi connectivity index (χ4v) is 6.57. The van der Waals surface area contributed by atoms with Crippen LogP contribution in [0.2, 0.25) is 0 Å². The SMILES string of the molecule is c1ccc(-c2cccc(-c3nnc(-c4ccc(-c5nnc(-c6cccc(-c7ccccn7)n6)s5)s4)s3)n2)nc1. The first kappa shape index (κ1) is 23.5. The highest BCUT2D eigenvalue weighted by atomic mass is 32.1. The molecule has 0 fully saturated rings. The summed E-state index contributed by atoms with van der Waals surface area (Å²) in [6, 6.07) is 27.3. The van der Waals surface area contributed by atoms with Crippen LogP contribution in [0.25, 0.3) is 63.9 Å². The molecule has 7 rings (SSSR count). The monoisotopic (exact) mass is 560 g/mol. The van der Waals surface area contributed by atoms with Crippen molar-refractivity contribution >= 4 is 34.0 Å². The van der Waals surface area contributed by atoms with Gasteiger partial charge in [0.15, 0.2) is 20.0 Å². The minimum Gasteiger partial charge on any atom is -0.255 e. The van der Waals surface area contributed by atoms with E-state index in [1.54, 1.807) is 23.7 Å². The summed E-state index contributed by atoms with van der Waals surface area (Å²) < 4.78 is 0. The van der Waals surface area contributed by atoms with Crippen LogP contribution in [0.15, 0.2) is 97.3 Å². The van der Waals surface area contributed by atoms with E-state index in [0.29, 0.717) is 0 Å². The third kappa shape index (κ3) is 4.86. The van der Waals surface area contributed by atoms with Gasteiger partial charge in [-0.3, -0.25) is 9.97 Å². The summed E-state index contributed by atoms with van der Waals surface area (Å²) in [5, 5.41) is 20.9. The molecular formula is C28H16N8S3. The number of pyridine rings is 4. The molecule has 0 atom stereocenters. The average Bonchev–Trinajstić information content (AvgIpc) is 3.79. The van der Waals surface area contributed by atoms with Gasteiger partial charge < -0.3 is 0 Å². The van der Waals surface area contributed by atoms with Gasteiger partial charge in [0.2, 0.25) is 0 Å². The first-order valence-electron chi connectivity index (χ1n) is 11.9. The molecule has 0 aliphatic carbocycles. The molecule has 0 saturated carbocycles. The van der Waals surface area contributed by atoms with E-state index in [1.807, 2.05) is 84.9 Å². The van der Waals surface area contributed by atoms with E-state index in [2.05, 4.69) is 30.4 Å². The van der Waals surface area contributed by atoms with Crippen molar-refractivity contribution in [3.8, 4) is 63.9 Å². The lowest BCUT2D eigenvalue weighted by Gasteiger charge is -2.01. The van der Waals surface area contributed by atoms with Crippen LogP contribution in [-0.2, 0) is 0 Å². The molecule has 8 nitrogen and oxygen atoms in total. The first-order valence-corrected chi connectivity index (χ1v) is 14.3. The standard InChI is InChI=1S/C28H16N8S3/c1-3-15-29-17(7-1)19-9-5-11-21(31-19)25-33-35-27(38-25)23-13-14-24(37-23)28-36-34-26(39-28)22-12-6-10-20(32-22)18-8-2-4-16-30-18/h1-16H. The van der Waals surface area contributed by atoms with Gasteiger partial charge in [-0.2, -0.15) is 0 Å². The Kier molecular flexibility index (Phi) is 6.21. The molecule has 0 N–H and O–H groups in total. The number of thiophene rings is 1. The van der Waals surface area contributed by atoms with Gasteiger partial charge in [0.05, 0.1) is 32.5 Å². The maximum atomic E-state index is 4.75. The molecule has 0 unspecified atom stereocenters. The summed E-state index contributed by atoms with van der Waals surface area (Å²) in [7, 11) is 0. The van der Waals surface area contributed by atoms with Crippen molar-refractivity contribution in [1.82, 2.24) is 40.3 Å². The highest BCUT2D eigenvalue weighted by Crippen LogP contribution is 2.39. The Hall–Kier alpha value is -4.58. The molecule has 7 heterocycles. The zero-order valence-corrected chi connectivity index (χ0v) is 22.5. The summed E-state index contributed by atoms with van der Waals surface area (Å²) in [4.78, 5) is 20.3. The Morgan fingerprint density at radius 2 is 0.795 bits per heavy atom. The van der Waals surface area contributed by atoms with Gasteiger partial charge in [-0.25, -0.2) is 9.97 Å². The van der Waals surface area contributed by atoms with Crippen molar-refractivity contribution in [2.75, 3.05) is 0 Å². The molecular weight excluding hydrogens is 545 g/mol. The van der Waals surface area contributed by atoms with E-state index in [9.17, 15) is 0 Å². The third-order valence-corrected chi connectivity index (χ3v) is 8.98. The van der Waals surface area contributed by atoms with Gasteiger partial charge in [-0.05, 0) is 60.7 Å². The van der Waals surface area contributed by atoms with Gasteiger partial charge in [-0.1, -0.05) is 46.9 Å². The topological polar surface area (TPSA) is 103 Å². The van der Waals surface area contributed by atoms with Crippen LogP contribution < -0.4 is 0 Å². The van der Waals surface area contributed by atoms with Crippen molar-refractivity contribution in [2.45, 2.75) is 0 Å². The molecule has 0 amide bonds. The number of hydrogen-bond acceptors (Lipinski definition) is 11. The third-order valence-electron chi connectivity index (χ3n) is 5.67. The predicted octanol–water partition coefficient (Wildman–Crippen LogP) is 7.03. The molecule has 7 aromatic rings. The Labute approximate surface area is 234 Å². The summed E-state index contributed by atoms with van der Waals surface area (Å²) in [6.07, 6.45) is 3.52. The second-order valence-electron chi connectivity index (χ2n) is 8.23. The Bertz CT molecular complexity index is 1740. The highest BCUT2D eigenvalue weighted by molar-refractivity contribution is 7.27. The largest absolute Gasteiger partial charge is 0.255 e. The van der Waals surface area contributed by atoms with Crippen LogP contribution in [0.5, 0.6) is 0 Å².